The van der Waals surface area contributed by atoms with Crippen molar-refractivity contribution < 1.29 is 17.7 Å². The minimum Gasteiger partial charge on any atom is -0.456 e. The molecule has 0 atom stereocenters. The number of furan rings is 4. The molecule has 10 aromatic rings. The van der Waals surface area contributed by atoms with Crippen molar-refractivity contribution in [3.63, 3.8) is 0 Å². The molecule has 4 aromatic heterocycles. The predicted octanol–water partition coefficient (Wildman–Crippen LogP) is 19.1. The summed E-state index contributed by atoms with van der Waals surface area (Å²) in [6.07, 6.45) is 3.08. The fourth-order valence-corrected chi connectivity index (χ4v) is 7.01. The van der Waals surface area contributed by atoms with Crippen LogP contribution in [0.2, 0.25) is 0 Å². The molecule has 0 spiro atoms. The molecule has 0 N–H and O–H groups in total. The van der Waals surface area contributed by atoms with E-state index in [0.29, 0.717) is 0 Å². The lowest BCUT2D eigenvalue weighted by Gasteiger charge is -1.96. The predicted molar refractivity (Wildman–Crippen MR) is 263 cm³/mol. The summed E-state index contributed by atoms with van der Waals surface area (Å²) in [6, 6.07) is 34.1. The maximum atomic E-state index is 6.04. The first-order valence-electron chi connectivity index (χ1n) is 22.6. The van der Waals surface area contributed by atoms with Gasteiger partial charge in [-0.25, -0.2) is 0 Å². The number of rotatable bonds is 3. The molecular formula is C55H70O4. The van der Waals surface area contributed by atoms with Crippen LogP contribution in [0.4, 0.5) is 0 Å². The highest BCUT2D eigenvalue weighted by atomic mass is 16.3. The summed E-state index contributed by atoms with van der Waals surface area (Å²) in [7, 11) is 0. The molecule has 0 amide bonds. The maximum absolute atomic E-state index is 6.04. The third-order valence-electron chi connectivity index (χ3n) is 9.70. The molecule has 0 saturated carbocycles. The molecule has 0 saturated heterocycles. The first kappa shape index (κ1) is 47.9. The zero-order valence-electron chi connectivity index (χ0n) is 39.0. The van der Waals surface area contributed by atoms with Crippen LogP contribution in [0, 0.1) is 6.92 Å². The van der Waals surface area contributed by atoms with E-state index in [2.05, 4.69) is 107 Å². The van der Waals surface area contributed by atoms with Crippen molar-refractivity contribution in [3.8, 4) is 0 Å². The van der Waals surface area contributed by atoms with E-state index in [4.69, 9.17) is 17.7 Å². The second-order valence-electron chi connectivity index (χ2n) is 12.6. The van der Waals surface area contributed by atoms with Crippen molar-refractivity contribution in [1.82, 2.24) is 0 Å². The van der Waals surface area contributed by atoms with Crippen LogP contribution in [0.15, 0.2) is 115 Å². The molecule has 6 aromatic carbocycles. The lowest BCUT2D eigenvalue weighted by molar-refractivity contribution is 0.655. The second-order valence-corrected chi connectivity index (χ2v) is 12.6. The smallest absolute Gasteiger partial charge is 0.139 e. The second kappa shape index (κ2) is 23.2. The average molecular weight is 795 g/mol. The topological polar surface area (TPSA) is 52.6 Å². The van der Waals surface area contributed by atoms with Crippen LogP contribution in [-0.2, 0) is 19.3 Å². The Morgan fingerprint density at radius 1 is 0.271 bits per heavy atom. The van der Waals surface area contributed by atoms with Crippen LogP contribution in [0.1, 0.15) is 126 Å². The Morgan fingerprint density at radius 3 is 0.780 bits per heavy atom. The number of benzene rings is 6. The summed E-state index contributed by atoms with van der Waals surface area (Å²) in [6.45, 7) is 32.6. The molecule has 4 nitrogen and oxygen atoms in total. The van der Waals surface area contributed by atoms with Gasteiger partial charge in [-0.15, -0.1) is 0 Å². The van der Waals surface area contributed by atoms with E-state index >= 15 is 0 Å². The monoisotopic (exact) mass is 795 g/mol. The number of hydrogen-bond donors (Lipinski definition) is 0. The van der Waals surface area contributed by atoms with Crippen molar-refractivity contribution in [3.05, 3.63) is 119 Å². The van der Waals surface area contributed by atoms with Crippen molar-refractivity contribution in [1.29, 1.82) is 0 Å². The van der Waals surface area contributed by atoms with Crippen LogP contribution < -0.4 is 0 Å². The summed E-state index contributed by atoms with van der Waals surface area (Å²) >= 11 is 0. The molecule has 4 heteroatoms. The summed E-state index contributed by atoms with van der Waals surface area (Å²) in [5, 5.41) is 9.37. The van der Waals surface area contributed by atoms with Gasteiger partial charge in [0.25, 0.3) is 0 Å². The largest absolute Gasteiger partial charge is 0.456 e. The standard InChI is InChI=1S/C22H18O2.C21H16O2.6C2H6/c1-3-13-5-7-19-15(9-13)17-11-18-16-10-14(4-2)6-8-20(16)24-22(18)12-21(17)23-19;1-3-13-5-7-19-15(9-13)17-10-16-14-8-12(2)4-6-18(14)22-20(16)11-21(17)23-19;6*1-2/h5-12H,3-4H2,1-2H3;4-11H,3H2,1-2H3;6*1-2H3. The maximum Gasteiger partial charge on any atom is 0.139 e. The van der Waals surface area contributed by atoms with Gasteiger partial charge >= 0.3 is 0 Å². The van der Waals surface area contributed by atoms with Gasteiger partial charge in [0.15, 0.2) is 0 Å². The van der Waals surface area contributed by atoms with E-state index in [1.807, 2.05) is 101 Å². The molecule has 0 bridgehead atoms. The van der Waals surface area contributed by atoms with Crippen molar-refractivity contribution >= 4 is 87.8 Å². The molecular weight excluding hydrogens is 725 g/mol. The summed E-state index contributed by atoms with van der Waals surface area (Å²) in [5.74, 6) is 0. The first-order chi connectivity index (χ1) is 29.0. The molecule has 0 radical (unpaired) electrons. The number of aryl methyl sites for hydroxylation is 4. The Bertz CT molecular complexity index is 2720. The molecule has 0 aliphatic carbocycles. The number of fused-ring (bicyclic) bond motifs is 12. The number of hydrogen-bond acceptors (Lipinski definition) is 4. The third kappa shape index (κ3) is 9.87. The summed E-state index contributed by atoms with van der Waals surface area (Å²) < 4.78 is 24.1. The Morgan fingerprint density at radius 2 is 0.508 bits per heavy atom. The normalized spacial score (nSPS) is 10.2. The molecule has 0 aliphatic heterocycles. The molecule has 10 rings (SSSR count). The van der Waals surface area contributed by atoms with Crippen LogP contribution >= 0.6 is 0 Å². The Kier molecular flexibility index (Phi) is 18.8. The quantitative estimate of drug-likeness (QED) is 0.179. The van der Waals surface area contributed by atoms with E-state index in [1.54, 1.807) is 0 Å². The molecule has 314 valence electrons. The van der Waals surface area contributed by atoms with E-state index in [1.165, 1.54) is 43.8 Å². The van der Waals surface area contributed by atoms with Crippen LogP contribution in [0.5, 0.6) is 0 Å². The minimum atomic E-state index is 0.882. The Labute approximate surface area is 353 Å². The van der Waals surface area contributed by atoms with Gasteiger partial charge in [-0.05, 0) is 104 Å². The van der Waals surface area contributed by atoms with Crippen molar-refractivity contribution in [2.24, 2.45) is 0 Å². The lowest BCUT2D eigenvalue weighted by Crippen LogP contribution is -1.78. The molecule has 4 heterocycles. The van der Waals surface area contributed by atoms with Crippen molar-refractivity contribution in [2.45, 2.75) is 130 Å². The van der Waals surface area contributed by atoms with Gasteiger partial charge in [0, 0.05) is 55.2 Å². The third-order valence-corrected chi connectivity index (χ3v) is 9.70. The van der Waals surface area contributed by atoms with Gasteiger partial charge in [-0.1, -0.05) is 134 Å². The summed E-state index contributed by atoms with van der Waals surface area (Å²) in [5.41, 5.74) is 12.5. The SMILES string of the molecule is CC.CC.CC.CC.CC.CC.CCc1ccc2oc3cc4oc5ccc(C)cc5c4cc3c2c1.CCc1ccc2oc3cc4oc5ccc(CC)cc5c4cc3c2c1. The Balaban J connectivity index is 0.000000252. The highest BCUT2D eigenvalue weighted by Crippen LogP contribution is 2.39. The first-order valence-corrected chi connectivity index (χ1v) is 22.6. The van der Waals surface area contributed by atoms with Gasteiger partial charge < -0.3 is 17.7 Å². The zero-order chi connectivity index (χ0) is 43.8. The van der Waals surface area contributed by atoms with Crippen LogP contribution in [-0.4, -0.2) is 0 Å². The van der Waals surface area contributed by atoms with Gasteiger partial charge in [0.1, 0.15) is 44.7 Å². The molecule has 59 heavy (non-hydrogen) atoms. The zero-order valence-corrected chi connectivity index (χ0v) is 39.0. The highest BCUT2D eigenvalue weighted by molar-refractivity contribution is 6.16. The van der Waals surface area contributed by atoms with Crippen molar-refractivity contribution in [2.75, 3.05) is 0 Å². The minimum absolute atomic E-state index is 0.882. The van der Waals surface area contributed by atoms with E-state index in [9.17, 15) is 0 Å². The highest BCUT2D eigenvalue weighted by Gasteiger charge is 2.15. The molecule has 0 aliphatic rings. The molecule has 0 unspecified atom stereocenters. The van der Waals surface area contributed by atoms with Gasteiger partial charge in [0.2, 0.25) is 0 Å². The average Bonchev–Trinajstić information content (AvgIpc) is 4.07. The van der Waals surface area contributed by atoms with E-state index < -0.39 is 0 Å². The Hall–Kier alpha value is -5.48. The van der Waals surface area contributed by atoms with Gasteiger partial charge in [-0.3, -0.25) is 0 Å². The fourth-order valence-electron chi connectivity index (χ4n) is 7.01. The van der Waals surface area contributed by atoms with E-state index in [-0.39, 0.29) is 0 Å². The van der Waals surface area contributed by atoms with Crippen LogP contribution in [0.3, 0.4) is 0 Å². The summed E-state index contributed by atoms with van der Waals surface area (Å²) in [4.78, 5) is 0. The van der Waals surface area contributed by atoms with E-state index in [0.717, 1.165) is 85.5 Å². The molecule has 0 fully saturated rings. The van der Waals surface area contributed by atoms with Gasteiger partial charge in [-0.2, -0.15) is 0 Å². The lowest BCUT2D eigenvalue weighted by atomic mass is 10.0. The van der Waals surface area contributed by atoms with Crippen LogP contribution in [0.25, 0.3) is 87.8 Å². The fraction of sp³-hybridized carbons (Fsp3) is 0.345. The van der Waals surface area contributed by atoms with Gasteiger partial charge in [0.05, 0.1) is 0 Å².